The van der Waals surface area contributed by atoms with Crippen molar-refractivity contribution in [1.29, 1.82) is 5.41 Å². The monoisotopic (exact) mass is 599 g/mol. The number of amides is 2. The van der Waals surface area contributed by atoms with Gasteiger partial charge in [0.15, 0.2) is 0 Å². The van der Waals surface area contributed by atoms with Crippen molar-refractivity contribution in [2.45, 2.75) is 37.0 Å². The molecule has 2 amide bonds. The molecule has 0 bridgehead atoms. The Morgan fingerprint density at radius 1 is 1.10 bits per heavy atom. The number of hydrogen-bond acceptors (Lipinski definition) is 5. The molecular weight excluding hydrogens is 565 g/mol. The first-order valence-electron chi connectivity index (χ1n) is 13.5. The van der Waals surface area contributed by atoms with Crippen LogP contribution in [0.4, 0.5) is 20.4 Å². The van der Waals surface area contributed by atoms with E-state index in [2.05, 4.69) is 10.6 Å². The number of alkyl halides is 2. The van der Waals surface area contributed by atoms with Crippen molar-refractivity contribution in [3.63, 3.8) is 0 Å². The maximum absolute atomic E-state index is 13.4. The summed E-state index contributed by atoms with van der Waals surface area (Å²) in [6.07, 6.45) is 6.10. The summed E-state index contributed by atoms with van der Waals surface area (Å²) >= 11 is -5.32. The van der Waals surface area contributed by atoms with Crippen LogP contribution in [0.2, 0.25) is 0 Å². The Morgan fingerprint density at radius 3 is 2.39 bits per heavy atom. The number of halogens is 5. The number of piperidine rings is 1. The zero-order valence-corrected chi connectivity index (χ0v) is 23.5. The Hall–Kier alpha value is -3.19. The minimum atomic E-state index is -5.32. The number of hydrogen-bond donors (Lipinski definition) is 3. The van der Waals surface area contributed by atoms with Crippen LogP contribution < -0.4 is 10.6 Å². The molecule has 0 atom stereocenters. The van der Waals surface area contributed by atoms with Crippen molar-refractivity contribution in [2.24, 2.45) is 5.92 Å². The molecule has 41 heavy (non-hydrogen) atoms. The summed E-state index contributed by atoms with van der Waals surface area (Å²) in [4.78, 5) is 28.0. The Kier molecular flexibility index (Phi) is 9.58. The van der Waals surface area contributed by atoms with Gasteiger partial charge in [0.25, 0.3) is 17.7 Å². The van der Waals surface area contributed by atoms with Crippen LogP contribution in [0.25, 0.3) is 0 Å². The van der Waals surface area contributed by atoms with Gasteiger partial charge in [-0.1, -0.05) is 0 Å². The van der Waals surface area contributed by atoms with Crippen molar-refractivity contribution >= 4 is 28.7 Å². The van der Waals surface area contributed by atoms with E-state index in [0.717, 1.165) is 25.0 Å². The molecule has 3 N–H and O–H groups in total. The van der Waals surface area contributed by atoms with Gasteiger partial charge in [0.05, 0.1) is 17.2 Å². The van der Waals surface area contributed by atoms with Crippen molar-refractivity contribution in [1.82, 2.24) is 20.4 Å². The van der Waals surface area contributed by atoms with Gasteiger partial charge < -0.3 is 20.9 Å². The maximum Gasteiger partial charge on any atom is 0.261 e. The van der Waals surface area contributed by atoms with Gasteiger partial charge in [0.1, 0.15) is 0 Å². The summed E-state index contributed by atoms with van der Waals surface area (Å²) in [7, 11) is 0. The van der Waals surface area contributed by atoms with Crippen LogP contribution in [0.3, 0.4) is 0 Å². The zero-order valence-electron chi connectivity index (χ0n) is 22.7. The number of carbonyl (C=O) groups excluding carboxylic acids is 2. The third kappa shape index (κ3) is 7.97. The van der Waals surface area contributed by atoms with Crippen molar-refractivity contribution in [2.75, 3.05) is 45.8 Å². The fraction of sp³-hybridized carbons (Fsp3) is 0.464. The average molecular weight is 600 g/mol. The number of allylic oxidation sites excluding steroid dienone is 3. The SMILES string of the molecule is CC1=C(C(=O)NCCN2CCC(F)(F)C2)C=CC(=N)/C1=C\NCC1CCN(C(=O)c2ccc(S(F)(F)F)cc2)CC1. The number of nitrogens with one attached hydrogen (secondary N) is 3. The van der Waals surface area contributed by atoms with Crippen LogP contribution >= 0.6 is 11.2 Å². The van der Waals surface area contributed by atoms with Crippen molar-refractivity contribution in [3.05, 3.63) is 64.9 Å². The smallest absolute Gasteiger partial charge is 0.261 e. The molecule has 2 aliphatic heterocycles. The lowest BCUT2D eigenvalue weighted by atomic mass is 9.92. The molecular formula is C28H34F5N5O2S. The molecule has 3 aliphatic rings. The van der Waals surface area contributed by atoms with Crippen molar-refractivity contribution in [3.8, 4) is 0 Å². The molecule has 1 aromatic rings. The first-order chi connectivity index (χ1) is 19.3. The number of benzene rings is 1. The van der Waals surface area contributed by atoms with Gasteiger partial charge in [-0.25, -0.2) is 8.78 Å². The first kappa shape index (κ1) is 30.8. The van der Waals surface area contributed by atoms with E-state index >= 15 is 0 Å². The number of likely N-dealkylation sites (tertiary alicyclic amines) is 2. The Labute approximate surface area is 238 Å². The van der Waals surface area contributed by atoms with Gasteiger partial charge in [-0.2, -0.15) is 0 Å². The van der Waals surface area contributed by atoms with E-state index in [1.165, 1.54) is 12.1 Å². The molecule has 1 aromatic carbocycles. The number of nitrogens with zero attached hydrogens (tertiary/aromatic N) is 2. The van der Waals surface area contributed by atoms with E-state index in [1.54, 1.807) is 35.1 Å². The molecule has 0 unspecified atom stereocenters. The van der Waals surface area contributed by atoms with Crippen LogP contribution in [-0.4, -0.2) is 79.1 Å². The maximum atomic E-state index is 13.4. The molecule has 4 rings (SSSR count). The Balaban J connectivity index is 1.24. The second-order valence-electron chi connectivity index (χ2n) is 10.6. The third-order valence-corrected chi connectivity index (χ3v) is 8.45. The topological polar surface area (TPSA) is 88.5 Å². The van der Waals surface area contributed by atoms with Crippen LogP contribution in [0.1, 0.15) is 36.5 Å². The summed E-state index contributed by atoms with van der Waals surface area (Å²) in [5, 5.41) is 14.3. The van der Waals surface area contributed by atoms with Crippen LogP contribution in [0.15, 0.2) is 64.2 Å². The molecule has 13 heteroatoms. The van der Waals surface area contributed by atoms with Gasteiger partial charge in [0, 0.05) is 68.6 Å². The predicted octanol–water partition coefficient (Wildman–Crippen LogP) is 5.19. The molecule has 7 nitrogen and oxygen atoms in total. The summed E-state index contributed by atoms with van der Waals surface area (Å²) in [5.74, 6) is -3.03. The van der Waals surface area contributed by atoms with Crippen LogP contribution in [0, 0.1) is 11.3 Å². The van der Waals surface area contributed by atoms with Crippen LogP contribution in [-0.2, 0) is 4.79 Å². The Morgan fingerprint density at radius 2 is 1.78 bits per heavy atom. The fourth-order valence-corrected chi connectivity index (χ4v) is 5.63. The minimum absolute atomic E-state index is 0.169. The van der Waals surface area contributed by atoms with Crippen molar-refractivity contribution < 1.29 is 30.0 Å². The molecule has 0 radical (unpaired) electrons. The number of carbonyl (C=O) groups is 2. The highest BCUT2D eigenvalue weighted by Crippen LogP contribution is 2.60. The Bertz CT molecular complexity index is 1250. The quantitative estimate of drug-likeness (QED) is 0.341. The molecule has 2 saturated heterocycles. The largest absolute Gasteiger partial charge is 0.390 e. The normalized spacial score (nSPS) is 21.5. The zero-order chi connectivity index (χ0) is 29.8. The van der Waals surface area contributed by atoms with E-state index in [9.17, 15) is 30.0 Å². The van der Waals surface area contributed by atoms with E-state index in [-0.39, 0.29) is 48.5 Å². The summed E-state index contributed by atoms with van der Waals surface area (Å²) < 4.78 is 65.3. The van der Waals surface area contributed by atoms with E-state index in [1.807, 2.05) is 0 Å². The highest BCUT2D eigenvalue weighted by molar-refractivity contribution is 8.20. The van der Waals surface area contributed by atoms with E-state index in [4.69, 9.17) is 5.41 Å². The molecule has 2 fully saturated rings. The standard InChI is InChI=1S/C28H34F5N5O2S/c1-19-23(26(39)36-11-15-37-14-10-28(29,30)18-37)6-7-25(34)24(19)17-35-16-20-8-12-38(13-9-20)27(40)21-2-4-22(5-3-21)41(31,32)33/h2-7,17,20,34-35H,8-16,18H2,1H3,(H,36,39)/b24-17-,34-25?. The summed E-state index contributed by atoms with van der Waals surface area (Å²) in [6.45, 7) is 3.93. The fourth-order valence-electron chi connectivity index (χ4n) is 5.18. The van der Waals surface area contributed by atoms with Crippen LogP contribution in [0.5, 0.6) is 0 Å². The highest BCUT2D eigenvalue weighted by Gasteiger charge is 2.37. The number of rotatable bonds is 9. The summed E-state index contributed by atoms with van der Waals surface area (Å²) in [5.41, 5.74) is 2.12. The molecule has 0 aromatic heterocycles. The van der Waals surface area contributed by atoms with Gasteiger partial charge in [0.2, 0.25) is 11.2 Å². The molecule has 224 valence electrons. The molecule has 2 heterocycles. The van der Waals surface area contributed by atoms with E-state index < -0.39 is 22.0 Å². The third-order valence-electron chi connectivity index (χ3n) is 7.64. The minimum Gasteiger partial charge on any atom is -0.390 e. The second kappa shape index (κ2) is 12.8. The first-order valence-corrected chi connectivity index (χ1v) is 14.8. The summed E-state index contributed by atoms with van der Waals surface area (Å²) in [6, 6.07) is 4.36. The highest BCUT2D eigenvalue weighted by atomic mass is 32.3. The second-order valence-corrected chi connectivity index (χ2v) is 11.8. The van der Waals surface area contributed by atoms with Gasteiger partial charge in [-0.3, -0.25) is 14.5 Å². The lowest BCUT2D eigenvalue weighted by Crippen LogP contribution is -2.40. The van der Waals surface area contributed by atoms with Gasteiger partial charge >= 0.3 is 0 Å². The predicted molar refractivity (Wildman–Crippen MR) is 149 cm³/mol. The molecule has 0 spiro atoms. The lowest BCUT2D eigenvalue weighted by molar-refractivity contribution is -0.117. The van der Waals surface area contributed by atoms with E-state index in [0.29, 0.717) is 49.4 Å². The molecule has 1 aliphatic carbocycles. The molecule has 0 saturated carbocycles. The van der Waals surface area contributed by atoms with Gasteiger partial charge in [-0.15, -0.1) is 11.7 Å². The lowest BCUT2D eigenvalue weighted by Gasteiger charge is -2.32. The van der Waals surface area contributed by atoms with Gasteiger partial charge in [-0.05, 0) is 67.7 Å². The average Bonchev–Trinajstić information content (AvgIpc) is 3.28.